The Bertz CT molecular complexity index is 175. The summed E-state index contributed by atoms with van der Waals surface area (Å²) in [6.07, 6.45) is 5.67. The molecule has 0 aliphatic heterocycles. The van der Waals surface area contributed by atoms with Gasteiger partial charge in [0.25, 0.3) is 0 Å². The molecular weight excluding hydrogens is 110 g/mol. The van der Waals surface area contributed by atoms with E-state index < -0.39 is 0 Å². The Morgan fingerprint density at radius 3 is 2.78 bits per heavy atom. The van der Waals surface area contributed by atoms with Gasteiger partial charge in [-0.25, -0.2) is 0 Å². The van der Waals surface area contributed by atoms with E-state index in [-0.39, 0.29) is 0 Å². The lowest BCUT2D eigenvalue weighted by Crippen LogP contribution is -2.10. The third-order valence-electron chi connectivity index (χ3n) is 1.54. The summed E-state index contributed by atoms with van der Waals surface area (Å²) in [6, 6.07) is 1.97. The second kappa shape index (κ2) is 2.50. The molecule has 0 saturated heterocycles. The molecule has 0 unspecified atom stereocenters. The fraction of sp³-hybridized carbons (Fsp3) is 0.375. The van der Waals surface area contributed by atoms with Crippen LogP contribution in [0, 0.1) is 17.2 Å². The van der Waals surface area contributed by atoms with Crippen molar-refractivity contribution in [2.75, 3.05) is 0 Å². The SMILES string of the molecule is C=C1CC(C=CC#N)C1. The topological polar surface area (TPSA) is 23.8 Å². The zero-order valence-corrected chi connectivity index (χ0v) is 5.30. The summed E-state index contributed by atoms with van der Waals surface area (Å²) in [4.78, 5) is 0. The van der Waals surface area contributed by atoms with Gasteiger partial charge in [-0.3, -0.25) is 0 Å². The highest BCUT2D eigenvalue weighted by molar-refractivity contribution is 5.16. The second-order valence-electron chi connectivity index (χ2n) is 2.41. The zero-order valence-electron chi connectivity index (χ0n) is 5.30. The molecule has 0 heterocycles. The van der Waals surface area contributed by atoms with Crippen LogP contribution in [0.3, 0.4) is 0 Å². The smallest absolute Gasteiger partial charge is 0.0908 e. The van der Waals surface area contributed by atoms with E-state index in [9.17, 15) is 0 Å². The van der Waals surface area contributed by atoms with Crippen LogP contribution in [0.5, 0.6) is 0 Å². The minimum absolute atomic E-state index is 0.608. The molecule has 0 aromatic heterocycles. The van der Waals surface area contributed by atoms with Gasteiger partial charge in [-0.2, -0.15) is 5.26 Å². The van der Waals surface area contributed by atoms with Gasteiger partial charge in [0.05, 0.1) is 6.07 Å². The molecule has 0 N–H and O–H groups in total. The average molecular weight is 119 g/mol. The minimum atomic E-state index is 0.608. The third kappa shape index (κ3) is 1.43. The van der Waals surface area contributed by atoms with Gasteiger partial charge in [-0.1, -0.05) is 18.2 Å². The van der Waals surface area contributed by atoms with Gasteiger partial charge < -0.3 is 0 Å². The van der Waals surface area contributed by atoms with Crippen LogP contribution in [-0.2, 0) is 0 Å². The van der Waals surface area contributed by atoms with E-state index in [0.29, 0.717) is 5.92 Å². The summed E-state index contributed by atoms with van der Waals surface area (Å²) in [5.74, 6) is 0.608. The van der Waals surface area contributed by atoms with Crippen LogP contribution in [0.1, 0.15) is 12.8 Å². The molecule has 0 bridgehead atoms. The van der Waals surface area contributed by atoms with Gasteiger partial charge in [-0.15, -0.1) is 0 Å². The molecule has 1 heteroatoms. The first-order valence-electron chi connectivity index (χ1n) is 3.06. The Balaban J connectivity index is 2.27. The highest BCUT2D eigenvalue weighted by Gasteiger charge is 2.17. The Labute approximate surface area is 55.3 Å². The maximum Gasteiger partial charge on any atom is 0.0908 e. The summed E-state index contributed by atoms with van der Waals surface area (Å²) in [5, 5.41) is 8.14. The second-order valence-corrected chi connectivity index (χ2v) is 2.41. The van der Waals surface area contributed by atoms with Crippen LogP contribution in [0.4, 0.5) is 0 Å². The first-order chi connectivity index (χ1) is 4.33. The van der Waals surface area contributed by atoms with Crippen LogP contribution in [0.25, 0.3) is 0 Å². The van der Waals surface area contributed by atoms with Crippen molar-refractivity contribution in [3.8, 4) is 6.07 Å². The van der Waals surface area contributed by atoms with Crippen molar-refractivity contribution in [1.82, 2.24) is 0 Å². The van der Waals surface area contributed by atoms with Gasteiger partial charge in [-0.05, 0) is 18.8 Å². The van der Waals surface area contributed by atoms with E-state index in [4.69, 9.17) is 5.26 Å². The molecule has 46 valence electrons. The fourth-order valence-corrected chi connectivity index (χ4v) is 0.997. The molecule has 1 aliphatic rings. The molecule has 0 atom stereocenters. The van der Waals surface area contributed by atoms with Crippen LogP contribution < -0.4 is 0 Å². The minimum Gasteiger partial charge on any atom is -0.193 e. The molecule has 1 saturated carbocycles. The molecule has 1 fully saturated rings. The van der Waals surface area contributed by atoms with E-state index in [0.717, 1.165) is 12.8 Å². The van der Waals surface area contributed by atoms with Gasteiger partial charge in [0.2, 0.25) is 0 Å². The van der Waals surface area contributed by atoms with Crippen molar-refractivity contribution in [3.05, 3.63) is 24.3 Å². The standard InChI is InChI=1S/C8H9N/c1-7-5-8(6-7)3-2-4-9/h2-3,8H,1,5-6H2. The van der Waals surface area contributed by atoms with Crippen molar-refractivity contribution in [2.45, 2.75) is 12.8 Å². The molecule has 0 aromatic rings. The number of nitriles is 1. The molecule has 0 spiro atoms. The van der Waals surface area contributed by atoms with Gasteiger partial charge in [0.1, 0.15) is 0 Å². The van der Waals surface area contributed by atoms with Gasteiger partial charge in [0, 0.05) is 6.08 Å². The lowest BCUT2D eigenvalue weighted by molar-refractivity contribution is 0.517. The van der Waals surface area contributed by atoms with E-state index in [1.807, 2.05) is 12.1 Å². The predicted molar refractivity (Wildman–Crippen MR) is 36.6 cm³/mol. The van der Waals surface area contributed by atoms with Crippen LogP contribution in [0.15, 0.2) is 24.3 Å². The Morgan fingerprint density at radius 2 is 2.33 bits per heavy atom. The molecule has 0 aromatic carbocycles. The summed E-state index contributed by atoms with van der Waals surface area (Å²) in [5.41, 5.74) is 1.31. The summed E-state index contributed by atoms with van der Waals surface area (Å²) in [6.45, 7) is 3.80. The highest BCUT2D eigenvalue weighted by Crippen LogP contribution is 2.31. The maximum absolute atomic E-state index is 8.14. The number of allylic oxidation sites excluding steroid dienone is 3. The normalized spacial score (nSPS) is 19.7. The quantitative estimate of drug-likeness (QED) is 0.382. The molecule has 1 nitrogen and oxygen atoms in total. The number of nitrogens with zero attached hydrogens (tertiary/aromatic N) is 1. The van der Waals surface area contributed by atoms with Crippen LogP contribution >= 0.6 is 0 Å². The lowest BCUT2D eigenvalue weighted by atomic mass is 9.81. The third-order valence-corrected chi connectivity index (χ3v) is 1.54. The molecule has 1 aliphatic carbocycles. The van der Waals surface area contributed by atoms with Crippen molar-refractivity contribution in [2.24, 2.45) is 5.92 Å². The summed E-state index contributed by atoms with van der Waals surface area (Å²) >= 11 is 0. The highest BCUT2D eigenvalue weighted by atomic mass is 14.2. The van der Waals surface area contributed by atoms with Gasteiger partial charge in [0.15, 0.2) is 0 Å². The van der Waals surface area contributed by atoms with E-state index in [1.165, 1.54) is 5.57 Å². The Kier molecular flexibility index (Phi) is 1.69. The molecular formula is C8H9N. The summed E-state index contributed by atoms with van der Waals surface area (Å²) < 4.78 is 0. The van der Waals surface area contributed by atoms with Crippen LogP contribution in [0.2, 0.25) is 0 Å². The van der Waals surface area contributed by atoms with E-state index in [1.54, 1.807) is 6.08 Å². The zero-order chi connectivity index (χ0) is 6.69. The molecule has 0 amide bonds. The first kappa shape index (κ1) is 6.10. The fourth-order valence-electron chi connectivity index (χ4n) is 0.997. The number of hydrogen-bond donors (Lipinski definition) is 0. The average Bonchev–Trinajstić information content (AvgIpc) is 1.78. The number of rotatable bonds is 1. The Morgan fingerprint density at radius 1 is 1.67 bits per heavy atom. The molecule has 0 radical (unpaired) electrons. The maximum atomic E-state index is 8.14. The van der Waals surface area contributed by atoms with Crippen molar-refractivity contribution in [1.29, 1.82) is 5.26 Å². The first-order valence-corrected chi connectivity index (χ1v) is 3.06. The lowest BCUT2D eigenvalue weighted by Gasteiger charge is -2.24. The van der Waals surface area contributed by atoms with E-state index in [2.05, 4.69) is 6.58 Å². The molecule has 9 heavy (non-hydrogen) atoms. The van der Waals surface area contributed by atoms with Crippen molar-refractivity contribution in [3.63, 3.8) is 0 Å². The summed E-state index contributed by atoms with van der Waals surface area (Å²) in [7, 11) is 0. The monoisotopic (exact) mass is 119 g/mol. The predicted octanol–water partition coefficient (Wildman–Crippen LogP) is 2.03. The van der Waals surface area contributed by atoms with E-state index >= 15 is 0 Å². The molecule has 1 rings (SSSR count). The number of hydrogen-bond acceptors (Lipinski definition) is 1. The Hall–Kier alpha value is -1.03. The van der Waals surface area contributed by atoms with Gasteiger partial charge >= 0.3 is 0 Å². The van der Waals surface area contributed by atoms with Crippen LogP contribution in [-0.4, -0.2) is 0 Å². The largest absolute Gasteiger partial charge is 0.193 e. The van der Waals surface area contributed by atoms with Crippen molar-refractivity contribution < 1.29 is 0 Å². The van der Waals surface area contributed by atoms with Crippen molar-refractivity contribution >= 4 is 0 Å².